The molecule has 2 rings (SSSR count). The average molecular weight is 379 g/mol. The molecule has 27 heavy (non-hydrogen) atoms. The molecule has 1 aromatic heterocycles. The van der Waals surface area contributed by atoms with Gasteiger partial charge in [-0.05, 0) is 26.2 Å². The molecule has 0 saturated carbocycles. The van der Waals surface area contributed by atoms with Crippen LogP contribution in [0.25, 0.3) is 0 Å². The summed E-state index contributed by atoms with van der Waals surface area (Å²) in [6.45, 7) is 9.98. The highest BCUT2D eigenvalue weighted by molar-refractivity contribution is 5.79. The van der Waals surface area contributed by atoms with E-state index in [0.717, 1.165) is 57.1 Å². The van der Waals surface area contributed by atoms with Gasteiger partial charge in [0, 0.05) is 51.5 Å². The summed E-state index contributed by atoms with van der Waals surface area (Å²) in [5.74, 6) is 2.73. The molecule has 0 radical (unpaired) electrons. The smallest absolute Gasteiger partial charge is 0.228 e. The van der Waals surface area contributed by atoms with E-state index in [9.17, 15) is 4.79 Å². The minimum atomic E-state index is 0.269. The Balaban J connectivity index is 1.71. The van der Waals surface area contributed by atoms with Gasteiger partial charge in [0.05, 0.1) is 0 Å². The molecule has 2 heterocycles. The zero-order valence-electron chi connectivity index (χ0n) is 17.0. The van der Waals surface area contributed by atoms with Gasteiger partial charge in [0.2, 0.25) is 11.8 Å². The minimum Gasteiger partial charge on any atom is -0.357 e. The maximum Gasteiger partial charge on any atom is 0.228 e. The van der Waals surface area contributed by atoms with Crippen molar-refractivity contribution in [2.24, 2.45) is 4.99 Å². The Morgan fingerprint density at radius 1 is 1.30 bits per heavy atom. The van der Waals surface area contributed by atoms with Gasteiger partial charge in [0.15, 0.2) is 11.8 Å². The van der Waals surface area contributed by atoms with E-state index in [1.165, 1.54) is 0 Å². The first kappa shape index (κ1) is 21.2. The lowest BCUT2D eigenvalue weighted by Gasteiger charge is -2.20. The molecular weight excluding hydrogens is 344 g/mol. The van der Waals surface area contributed by atoms with Crippen molar-refractivity contribution in [2.75, 3.05) is 32.7 Å². The number of carbonyl (C=O) groups is 1. The van der Waals surface area contributed by atoms with E-state index in [2.05, 4.69) is 25.8 Å². The summed E-state index contributed by atoms with van der Waals surface area (Å²) in [6.07, 6.45) is 5.54. The second-order valence-electron chi connectivity index (χ2n) is 7.18. The molecule has 1 aliphatic rings. The van der Waals surface area contributed by atoms with Gasteiger partial charge in [-0.25, -0.2) is 0 Å². The fourth-order valence-electron chi connectivity index (χ4n) is 2.96. The predicted molar refractivity (Wildman–Crippen MR) is 106 cm³/mol. The van der Waals surface area contributed by atoms with E-state index in [1.807, 2.05) is 25.7 Å². The maximum absolute atomic E-state index is 12.0. The summed E-state index contributed by atoms with van der Waals surface area (Å²) in [7, 11) is 0. The largest absolute Gasteiger partial charge is 0.357 e. The third-order valence-electron chi connectivity index (χ3n) is 4.50. The van der Waals surface area contributed by atoms with Gasteiger partial charge in [-0.1, -0.05) is 25.4 Å². The molecule has 1 saturated heterocycles. The summed E-state index contributed by atoms with van der Waals surface area (Å²) in [5.41, 5.74) is 0. The molecule has 1 amide bonds. The highest BCUT2D eigenvalue weighted by Crippen LogP contribution is 2.11. The van der Waals surface area contributed by atoms with Crippen LogP contribution < -0.4 is 10.6 Å². The second kappa shape index (κ2) is 11.6. The van der Waals surface area contributed by atoms with Crippen LogP contribution in [0.15, 0.2) is 9.52 Å². The monoisotopic (exact) mass is 378 g/mol. The van der Waals surface area contributed by atoms with Crippen LogP contribution in [-0.4, -0.2) is 59.6 Å². The number of aromatic nitrogens is 2. The van der Waals surface area contributed by atoms with E-state index in [-0.39, 0.29) is 5.92 Å². The molecule has 0 atom stereocenters. The highest BCUT2D eigenvalue weighted by atomic mass is 16.5. The fraction of sp³-hybridized carbons (Fsp3) is 0.789. The Kier molecular flexibility index (Phi) is 9.07. The van der Waals surface area contributed by atoms with E-state index < -0.39 is 0 Å². The van der Waals surface area contributed by atoms with Crippen molar-refractivity contribution in [2.45, 2.75) is 65.2 Å². The SMILES string of the molecule is CCNC(=NCCCN1CCCCCC1=O)NCCc1nc(C(C)C)no1. The molecule has 2 N–H and O–H groups in total. The number of rotatable bonds is 9. The van der Waals surface area contributed by atoms with Gasteiger partial charge in [0.25, 0.3) is 0 Å². The number of nitrogens with zero attached hydrogens (tertiary/aromatic N) is 4. The zero-order valence-corrected chi connectivity index (χ0v) is 17.0. The molecule has 0 unspecified atom stereocenters. The Morgan fingerprint density at radius 3 is 2.89 bits per heavy atom. The van der Waals surface area contributed by atoms with Gasteiger partial charge >= 0.3 is 0 Å². The van der Waals surface area contributed by atoms with Crippen LogP contribution in [0.1, 0.15) is 70.5 Å². The van der Waals surface area contributed by atoms with Crippen molar-refractivity contribution in [3.8, 4) is 0 Å². The van der Waals surface area contributed by atoms with E-state index >= 15 is 0 Å². The lowest BCUT2D eigenvalue weighted by molar-refractivity contribution is -0.130. The summed E-state index contributed by atoms with van der Waals surface area (Å²) < 4.78 is 5.25. The van der Waals surface area contributed by atoms with Gasteiger partial charge in [-0.15, -0.1) is 0 Å². The standard InChI is InChI=1S/C19H34N6O2/c1-4-20-19(22-12-10-16-23-18(15(2)3)24-27-16)21-11-8-14-25-13-7-5-6-9-17(25)26/h15H,4-14H2,1-3H3,(H2,20,21,22). The summed E-state index contributed by atoms with van der Waals surface area (Å²) in [6, 6.07) is 0. The van der Waals surface area contributed by atoms with Crippen molar-refractivity contribution < 1.29 is 9.32 Å². The number of hydrogen-bond acceptors (Lipinski definition) is 5. The van der Waals surface area contributed by atoms with Crippen LogP contribution in [0.4, 0.5) is 0 Å². The van der Waals surface area contributed by atoms with Gasteiger partial charge in [0.1, 0.15) is 0 Å². The summed E-state index contributed by atoms with van der Waals surface area (Å²) >= 11 is 0. The molecule has 0 bridgehead atoms. The Morgan fingerprint density at radius 2 is 2.15 bits per heavy atom. The predicted octanol–water partition coefficient (Wildman–Crippen LogP) is 2.08. The quantitative estimate of drug-likeness (QED) is 0.388. The first-order valence-corrected chi connectivity index (χ1v) is 10.2. The molecule has 0 spiro atoms. The van der Waals surface area contributed by atoms with Crippen LogP contribution in [-0.2, 0) is 11.2 Å². The number of likely N-dealkylation sites (tertiary alicyclic amines) is 1. The zero-order chi connectivity index (χ0) is 19.5. The van der Waals surface area contributed by atoms with Gasteiger partial charge < -0.3 is 20.1 Å². The number of nitrogens with one attached hydrogen (secondary N) is 2. The van der Waals surface area contributed by atoms with Crippen LogP contribution in [0, 0.1) is 0 Å². The normalized spacial score (nSPS) is 15.9. The van der Waals surface area contributed by atoms with Crippen LogP contribution in [0.2, 0.25) is 0 Å². The first-order chi connectivity index (χ1) is 13.1. The molecule has 1 aromatic rings. The first-order valence-electron chi connectivity index (χ1n) is 10.2. The molecule has 0 aliphatic carbocycles. The third kappa shape index (κ3) is 7.56. The van der Waals surface area contributed by atoms with Crippen molar-refractivity contribution in [1.29, 1.82) is 0 Å². The molecule has 0 aromatic carbocycles. The molecule has 1 fully saturated rings. The minimum absolute atomic E-state index is 0.269. The Bertz CT molecular complexity index is 599. The van der Waals surface area contributed by atoms with E-state index in [0.29, 0.717) is 37.7 Å². The number of carbonyl (C=O) groups excluding carboxylic acids is 1. The second-order valence-corrected chi connectivity index (χ2v) is 7.18. The number of guanidine groups is 1. The fourth-order valence-corrected chi connectivity index (χ4v) is 2.96. The highest BCUT2D eigenvalue weighted by Gasteiger charge is 2.15. The average Bonchev–Trinajstić information content (AvgIpc) is 3.02. The van der Waals surface area contributed by atoms with Gasteiger partial charge in [-0.2, -0.15) is 4.98 Å². The van der Waals surface area contributed by atoms with Crippen molar-refractivity contribution in [1.82, 2.24) is 25.7 Å². The summed E-state index contributed by atoms with van der Waals surface area (Å²) in [4.78, 5) is 23.0. The van der Waals surface area contributed by atoms with Crippen molar-refractivity contribution >= 4 is 11.9 Å². The summed E-state index contributed by atoms with van der Waals surface area (Å²) in [5, 5.41) is 10.5. The number of hydrogen-bond donors (Lipinski definition) is 2. The molecule has 1 aliphatic heterocycles. The molecule has 152 valence electrons. The number of amides is 1. The number of aliphatic imine (C=N–C) groups is 1. The van der Waals surface area contributed by atoms with Crippen LogP contribution in [0.5, 0.6) is 0 Å². The van der Waals surface area contributed by atoms with E-state index in [4.69, 9.17) is 4.52 Å². The van der Waals surface area contributed by atoms with Gasteiger partial charge in [-0.3, -0.25) is 9.79 Å². The van der Waals surface area contributed by atoms with E-state index in [1.54, 1.807) is 0 Å². The van der Waals surface area contributed by atoms with Crippen molar-refractivity contribution in [3.63, 3.8) is 0 Å². The van der Waals surface area contributed by atoms with Crippen LogP contribution in [0.3, 0.4) is 0 Å². The Labute approximate surface area is 162 Å². The Hall–Kier alpha value is -2.12. The lowest BCUT2D eigenvalue weighted by atomic mass is 10.2. The molecular formula is C19H34N6O2. The maximum atomic E-state index is 12.0. The van der Waals surface area contributed by atoms with Crippen molar-refractivity contribution in [3.05, 3.63) is 11.7 Å². The van der Waals surface area contributed by atoms with Crippen LogP contribution >= 0.6 is 0 Å². The third-order valence-corrected chi connectivity index (χ3v) is 4.50. The lowest BCUT2D eigenvalue weighted by Crippen LogP contribution is -2.38. The topological polar surface area (TPSA) is 95.7 Å². The molecule has 8 nitrogen and oxygen atoms in total. The molecule has 8 heteroatoms.